The quantitative estimate of drug-likeness (QED) is 0.726. The first-order chi connectivity index (χ1) is 8.24. The SMILES string of the molecule is CCCCn1c(CC)nc(CCSCC)c1N. The summed E-state index contributed by atoms with van der Waals surface area (Å²) in [6.45, 7) is 7.55. The van der Waals surface area contributed by atoms with E-state index in [1.165, 1.54) is 12.8 Å². The summed E-state index contributed by atoms with van der Waals surface area (Å²) < 4.78 is 2.20. The number of imidazole rings is 1. The number of aryl methyl sites for hydroxylation is 2. The molecule has 1 aromatic rings. The Hall–Kier alpha value is -0.640. The molecule has 1 heterocycles. The van der Waals surface area contributed by atoms with Crippen molar-refractivity contribution in [1.82, 2.24) is 9.55 Å². The Morgan fingerprint density at radius 1 is 1.29 bits per heavy atom. The topological polar surface area (TPSA) is 43.8 Å². The number of unbranched alkanes of at least 4 members (excludes halogenated alkanes) is 1. The number of aromatic nitrogens is 2. The third-order valence-corrected chi connectivity index (χ3v) is 3.80. The van der Waals surface area contributed by atoms with Gasteiger partial charge in [-0.05, 0) is 17.9 Å². The molecule has 0 saturated heterocycles. The maximum Gasteiger partial charge on any atom is 0.126 e. The van der Waals surface area contributed by atoms with Crippen molar-refractivity contribution in [3.63, 3.8) is 0 Å². The number of nitrogens with zero attached hydrogens (tertiary/aromatic N) is 2. The number of thioether (sulfide) groups is 1. The summed E-state index contributed by atoms with van der Waals surface area (Å²) in [5.74, 6) is 4.32. The molecule has 98 valence electrons. The molecule has 0 aliphatic heterocycles. The summed E-state index contributed by atoms with van der Waals surface area (Å²) in [6.07, 6.45) is 4.34. The highest BCUT2D eigenvalue weighted by Gasteiger charge is 2.12. The number of hydrogen-bond donors (Lipinski definition) is 1. The van der Waals surface area contributed by atoms with Gasteiger partial charge in [0.05, 0.1) is 5.69 Å². The average molecular weight is 255 g/mol. The van der Waals surface area contributed by atoms with E-state index in [-0.39, 0.29) is 0 Å². The smallest absolute Gasteiger partial charge is 0.126 e. The average Bonchev–Trinajstić information content (AvgIpc) is 2.64. The lowest BCUT2D eigenvalue weighted by Crippen LogP contribution is -2.07. The summed E-state index contributed by atoms with van der Waals surface area (Å²) in [7, 11) is 0. The minimum Gasteiger partial charge on any atom is -0.384 e. The van der Waals surface area contributed by atoms with Crippen LogP contribution in [0.25, 0.3) is 0 Å². The molecule has 1 aromatic heterocycles. The van der Waals surface area contributed by atoms with Crippen LogP contribution in [0.2, 0.25) is 0 Å². The Bertz CT molecular complexity index is 334. The fraction of sp³-hybridized carbons (Fsp3) is 0.769. The molecule has 0 saturated carbocycles. The van der Waals surface area contributed by atoms with E-state index in [0.29, 0.717) is 0 Å². The zero-order valence-corrected chi connectivity index (χ0v) is 12.1. The highest BCUT2D eigenvalue weighted by Crippen LogP contribution is 2.18. The van der Waals surface area contributed by atoms with Crippen LogP contribution in [0.4, 0.5) is 5.82 Å². The second-order valence-electron chi connectivity index (χ2n) is 4.17. The van der Waals surface area contributed by atoms with Crippen LogP contribution in [-0.2, 0) is 19.4 Å². The summed E-state index contributed by atoms with van der Waals surface area (Å²) in [5.41, 5.74) is 7.29. The van der Waals surface area contributed by atoms with Gasteiger partial charge in [-0.2, -0.15) is 11.8 Å². The van der Waals surface area contributed by atoms with Crippen LogP contribution in [0.1, 0.15) is 45.1 Å². The zero-order chi connectivity index (χ0) is 12.7. The van der Waals surface area contributed by atoms with Crippen LogP contribution in [0.5, 0.6) is 0 Å². The van der Waals surface area contributed by atoms with E-state index in [1.54, 1.807) is 0 Å². The summed E-state index contributed by atoms with van der Waals surface area (Å²) >= 11 is 1.95. The molecule has 17 heavy (non-hydrogen) atoms. The van der Waals surface area contributed by atoms with Crippen molar-refractivity contribution in [3.8, 4) is 0 Å². The molecule has 0 amide bonds. The summed E-state index contributed by atoms with van der Waals surface area (Å²) in [5, 5.41) is 0. The largest absolute Gasteiger partial charge is 0.384 e. The van der Waals surface area contributed by atoms with Crippen molar-refractivity contribution < 1.29 is 0 Å². The third kappa shape index (κ3) is 3.95. The standard InChI is InChI=1S/C13H25N3S/c1-4-7-9-16-12(5-2)15-11(13(16)14)8-10-17-6-3/h4-10,14H2,1-3H3. The van der Waals surface area contributed by atoms with Crippen molar-refractivity contribution >= 4 is 17.6 Å². The molecule has 0 aromatic carbocycles. The Labute approximate surface area is 109 Å². The van der Waals surface area contributed by atoms with Gasteiger partial charge >= 0.3 is 0 Å². The predicted molar refractivity (Wildman–Crippen MR) is 77.6 cm³/mol. The van der Waals surface area contributed by atoms with Gasteiger partial charge in [-0.25, -0.2) is 4.98 Å². The van der Waals surface area contributed by atoms with Crippen molar-refractivity contribution in [3.05, 3.63) is 11.5 Å². The van der Waals surface area contributed by atoms with E-state index in [4.69, 9.17) is 5.73 Å². The normalized spacial score (nSPS) is 11.0. The van der Waals surface area contributed by atoms with Crippen molar-refractivity contribution in [2.24, 2.45) is 0 Å². The maximum atomic E-state index is 6.19. The number of hydrogen-bond acceptors (Lipinski definition) is 3. The molecule has 0 radical (unpaired) electrons. The highest BCUT2D eigenvalue weighted by atomic mass is 32.2. The van der Waals surface area contributed by atoms with E-state index in [2.05, 4.69) is 30.3 Å². The summed E-state index contributed by atoms with van der Waals surface area (Å²) in [6, 6.07) is 0. The van der Waals surface area contributed by atoms with Gasteiger partial charge in [-0.1, -0.05) is 27.2 Å². The fourth-order valence-corrected chi connectivity index (χ4v) is 2.53. The number of anilines is 1. The Morgan fingerprint density at radius 2 is 2.06 bits per heavy atom. The van der Waals surface area contributed by atoms with E-state index in [0.717, 1.165) is 48.2 Å². The molecular formula is C13H25N3S. The minimum absolute atomic E-state index is 0.895. The lowest BCUT2D eigenvalue weighted by atomic mass is 10.3. The molecule has 0 unspecified atom stereocenters. The lowest BCUT2D eigenvalue weighted by Gasteiger charge is -2.07. The van der Waals surface area contributed by atoms with Gasteiger partial charge in [0.15, 0.2) is 0 Å². The maximum absolute atomic E-state index is 6.19. The molecule has 0 bridgehead atoms. The van der Waals surface area contributed by atoms with Gasteiger partial charge < -0.3 is 10.3 Å². The van der Waals surface area contributed by atoms with Crippen LogP contribution >= 0.6 is 11.8 Å². The van der Waals surface area contributed by atoms with Gasteiger partial charge in [0.25, 0.3) is 0 Å². The minimum atomic E-state index is 0.895. The van der Waals surface area contributed by atoms with Gasteiger partial charge in [-0.15, -0.1) is 0 Å². The number of nitrogen functional groups attached to an aromatic ring is 1. The van der Waals surface area contributed by atoms with Gasteiger partial charge in [-0.3, -0.25) is 0 Å². The highest BCUT2D eigenvalue weighted by molar-refractivity contribution is 7.99. The van der Waals surface area contributed by atoms with Crippen LogP contribution in [0.15, 0.2) is 0 Å². The van der Waals surface area contributed by atoms with Gasteiger partial charge in [0, 0.05) is 19.4 Å². The first kappa shape index (κ1) is 14.4. The monoisotopic (exact) mass is 255 g/mol. The van der Waals surface area contributed by atoms with Crippen LogP contribution in [-0.4, -0.2) is 21.1 Å². The van der Waals surface area contributed by atoms with Crippen LogP contribution < -0.4 is 5.73 Å². The Morgan fingerprint density at radius 3 is 2.65 bits per heavy atom. The van der Waals surface area contributed by atoms with Crippen LogP contribution in [0.3, 0.4) is 0 Å². The molecule has 0 aliphatic rings. The Kier molecular flexibility index (Phi) is 6.48. The molecule has 2 N–H and O–H groups in total. The molecule has 4 heteroatoms. The Balaban J connectivity index is 2.74. The summed E-state index contributed by atoms with van der Waals surface area (Å²) in [4.78, 5) is 4.68. The molecule has 0 fully saturated rings. The first-order valence-corrected chi connectivity index (χ1v) is 7.81. The van der Waals surface area contributed by atoms with Gasteiger partial charge in [0.1, 0.15) is 11.6 Å². The first-order valence-electron chi connectivity index (χ1n) is 6.66. The van der Waals surface area contributed by atoms with Crippen molar-refractivity contribution in [2.45, 2.75) is 53.0 Å². The molecule has 3 nitrogen and oxygen atoms in total. The van der Waals surface area contributed by atoms with E-state index < -0.39 is 0 Å². The third-order valence-electron chi connectivity index (χ3n) is 2.90. The van der Waals surface area contributed by atoms with Crippen molar-refractivity contribution in [2.75, 3.05) is 17.2 Å². The zero-order valence-electron chi connectivity index (χ0n) is 11.3. The molecule has 0 spiro atoms. The van der Waals surface area contributed by atoms with Gasteiger partial charge in [0.2, 0.25) is 0 Å². The van der Waals surface area contributed by atoms with E-state index in [9.17, 15) is 0 Å². The van der Waals surface area contributed by atoms with E-state index >= 15 is 0 Å². The fourth-order valence-electron chi connectivity index (χ4n) is 1.90. The van der Waals surface area contributed by atoms with E-state index in [1.807, 2.05) is 11.8 Å². The second kappa shape index (κ2) is 7.64. The number of rotatable bonds is 8. The molecular weight excluding hydrogens is 230 g/mol. The molecule has 0 atom stereocenters. The number of nitrogens with two attached hydrogens (primary N) is 1. The molecule has 0 aliphatic carbocycles. The second-order valence-corrected chi connectivity index (χ2v) is 5.56. The van der Waals surface area contributed by atoms with Crippen molar-refractivity contribution in [1.29, 1.82) is 0 Å². The van der Waals surface area contributed by atoms with Crippen LogP contribution in [0, 0.1) is 0 Å². The molecule has 1 rings (SSSR count). The predicted octanol–water partition coefficient (Wildman–Crippen LogP) is 3.12. The lowest BCUT2D eigenvalue weighted by molar-refractivity contribution is 0.612.